The molecule has 0 bridgehead atoms. The molecule has 0 saturated carbocycles. The van der Waals surface area contributed by atoms with Crippen molar-refractivity contribution in [2.45, 2.75) is 6.61 Å². The van der Waals surface area contributed by atoms with Gasteiger partial charge in [-0.1, -0.05) is 41.4 Å². The minimum Gasteiger partial charge on any atom is -0.493 e. The highest BCUT2D eigenvalue weighted by molar-refractivity contribution is 9.10. The van der Waals surface area contributed by atoms with Crippen LogP contribution in [0.1, 0.15) is 11.1 Å². The van der Waals surface area contributed by atoms with Crippen molar-refractivity contribution in [1.29, 1.82) is 0 Å². The Labute approximate surface area is 228 Å². The summed E-state index contributed by atoms with van der Waals surface area (Å²) in [5.74, 6) is 0.319. The van der Waals surface area contributed by atoms with Crippen LogP contribution in [-0.2, 0) is 21.4 Å². The van der Waals surface area contributed by atoms with Gasteiger partial charge in [-0.25, -0.2) is 13.8 Å². The second kappa shape index (κ2) is 12.4. The number of rotatable bonds is 10. The van der Waals surface area contributed by atoms with Gasteiger partial charge < -0.3 is 9.47 Å². The minimum absolute atomic E-state index is 0.270. The van der Waals surface area contributed by atoms with Gasteiger partial charge in [0.05, 0.1) is 29.7 Å². The second-order valence-corrected chi connectivity index (χ2v) is 11.1. The number of anilines is 1. The van der Waals surface area contributed by atoms with Gasteiger partial charge in [-0.15, -0.1) is 0 Å². The van der Waals surface area contributed by atoms with Crippen molar-refractivity contribution in [3.63, 3.8) is 0 Å². The van der Waals surface area contributed by atoms with Gasteiger partial charge in [0.1, 0.15) is 13.2 Å². The molecule has 0 saturated heterocycles. The van der Waals surface area contributed by atoms with Crippen molar-refractivity contribution in [1.82, 2.24) is 5.43 Å². The highest BCUT2D eigenvalue weighted by Gasteiger charge is 2.21. The molecule has 0 heterocycles. The van der Waals surface area contributed by atoms with E-state index in [0.717, 1.165) is 16.1 Å². The summed E-state index contributed by atoms with van der Waals surface area (Å²) in [7, 11) is -2.23. The molecule has 0 aromatic heterocycles. The first-order valence-electron chi connectivity index (χ1n) is 10.4. The normalized spacial score (nSPS) is 11.4. The number of amides is 1. The zero-order valence-corrected chi connectivity index (χ0v) is 23.2. The molecule has 3 rings (SSSR count). The fourth-order valence-corrected chi connectivity index (χ4v) is 4.80. The molecule has 1 N–H and O–H groups in total. The van der Waals surface area contributed by atoms with Crippen molar-refractivity contribution < 1.29 is 22.7 Å². The molecule has 0 aliphatic heterocycles. The lowest BCUT2D eigenvalue weighted by Crippen LogP contribution is -2.39. The van der Waals surface area contributed by atoms with E-state index >= 15 is 0 Å². The summed E-state index contributed by atoms with van der Waals surface area (Å²) in [5, 5.41) is 4.92. The molecule has 12 heteroatoms. The summed E-state index contributed by atoms with van der Waals surface area (Å²) in [4.78, 5) is 12.4. The fraction of sp³-hybridized carbons (Fsp3) is 0.167. The Balaban J connectivity index is 1.67. The lowest BCUT2D eigenvalue weighted by molar-refractivity contribution is -0.119. The predicted octanol–water partition coefficient (Wildman–Crippen LogP) is 5.26. The van der Waals surface area contributed by atoms with E-state index in [0.29, 0.717) is 38.2 Å². The number of hydrogen-bond acceptors (Lipinski definition) is 6. The fourth-order valence-electron chi connectivity index (χ4n) is 3.07. The predicted molar refractivity (Wildman–Crippen MR) is 146 cm³/mol. The number of methoxy groups -OCH3 is 1. The van der Waals surface area contributed by atoms with Crippen molar-refractivity contribution in [2.75, 3.05) is 24.2 Å². The van der Waals surface area contributed by atoms with Gasteiger partial charge in [0, 0.05) is 10.0 Å². The molecule has 0 aliphatic rings. The number of hydrogen-bond donors (Lipinski definition) is 1. The summed E-state index contributed by atoms with van der Waals surface area (Å²) < 4.78 is 37.3. The van der Waals surface area contributed by atoms with Crippen LogP contribution in [-0.4, -0.2) is 40.4 Å². The topological polar surface area (TPSA) is 97.3 Å². The Hall–Kier alpha value is -2.79. The molecule has 190 valence electrons. The summed E-state index contributed by atoms with van der Waals surface area (Å²) in [5.41, 5.74) is 4.14. The van der Waals surface area contributed by atoms with Crippen LogP contribution in [0.5, 0.6) is 11.5 Å². The van der Waals surface area contributed by atoms with Crippen LogP contribution in [0.3, 0.4) is 0 Å². The number of nitrogens with one attached hydrogen (secondary N) is 1. The maximum atomic E-state index is 12.4. The van der Waals surface area contributed by atoms with E-state index < -0.39 is 22.5 Å². The molecule has 8 nitrogen and oxygen atoms in total. The van der Waals surface area contributed by atoms with Gasteiger partial charge >= 0.3 is 0 Å². The van der Waals surface area contributed by atoms with E-state index in [9.17, 15) is 13.2 Å². The van der Waals surface area contributed by atoms with E-state index in [1.54, 1.807) is 42.5 Å². The number of sulfonamides is 1. The lowest BCUT2D eigenvalue weighted by atomic mass is 10.2. The number of ether oxygens (including phenoxy) is 2. The van der Waals surface area contributed by atoms with Gasteiger partial charge in [0.15, 0.2) is 11.5 Å². The largest absolute Gasteiger partial charge is 0.493 e. The number of halogens is 3. The molecule has 0 atom stereocenters. The van der Waals surface area contributed by atoms with Gasteiger partial charge in [-0.05, 0) is 69.5 Å². The second-order valence-electron chi connectivity index (χ2n) is 7.49. The van der Waals surface area contributed by atoms with E-state index in [1.807, 2.05) is 12.1 Å². The van der Waals surface area contributed by atoms with Gasteiger partial charge in [0.2, 0.25) is 10.0 Å². The molecular weight excluding hydrogens is 593 g/mol. The van der Waals surface area contributed by atoms with E-state index in [-0.39, 0.29) is 5.69 Å². The maximum Gasteiger partial charge on any atom is 0.260 e. The van der Waals surface area contributed by atoms with Gasteiger partial charge in [-0.2, -0.15) is 5.10 Å². The molecule has 0 aliphatic carbocycles. The number of carbonyl (C=O) groups is 1. The molecule has 36 heavy (non-hydrogen) atoms. The quantitative estimate of drug-likeness (QED) is 0.248. The van der Waals surface area contributed by atoms with Crippen LogP contribution in [0.15, 0.2) is 70.2 Å². The molecular formula is C24H22BrCl2N3O5S. The van der Waals surface area contributed by atoms with Crippen LogP contribution in [0.4, 0.5) is 5.69 Å². The number of hydrazone groups is 1. The number of nitrogens with zero attached hydrogens (tertiary/aromatic N) is 2. The van der Waals surface area contributed by atoms with Gasteiger partial charge in [-0.3, -0.25) is 9.10 Å². The molecule has 0 spiro atoms. The lowest BCUT2D eigenvalue weighted by Gasteiger charge is -2.21. The van der Waals surface area contributed by atoms with Gasteiger partial charge in [0.25, 0.3) is 5.91 Å². The Bertz CT molecular complexity index is 1370. The Morgan fingerprint density at radius 1 is 1.11 bits per heavy atom. The molecule has 3 aromatic rings. The monoisotopic (exact) mass is 613 g/mol. The highest BCUT2D eigenvalue weighted by Crippen LogP contribution is 2.37. The Morgan fingerprint density at radius 3 is 2.47 bits per heavy atom. The average molecular weight is 615 g/mol. The van der Waals surface area contributed by atoms with Crippen LogP contribution in [0.2, 0.25) is 10.0 Å². The first kappa shape index (κ1) is 27.8. The van der Waals surface area contributed by atoms with E-state index in [4.69, 9.17) is 32.7 Å². The van der Waals surface area contributed by atoms with E-state index in [1.165, 1.54) is 19.4 Å². The molecule has 1 amide bonds. The van der Waals surface area contributed by atoms with Crippen molar-refractivity contribution >= 4 is 67.0 Å². The minimum atomic E-state index is -3.74. The highest BCUT2D eigenvalue weighted by atomic mass is 79.9. The van der Waals surface area contributed by atoms with E-state index in [2.05, 4.69) is 26.5 Å². The van der Waals surface area contributed by atoms with Crippen LogP contribution in [0, 0.1) is 0 Å². The SMILES string of the molecule is COc1cc(/C=N\NC(=O)CN(c2cccc(Cl)c2)S(C)(=O)=O)cc(Br)c1OCc1ccc(Cl)cc1. The molecule has 0 radical (unpaired) electrons. The van der Waals surface area contributed by atoms with Crippen molar-refractivity contribution in [3.05, 3.63) is 86.3 Å². The maximum absolute atomic E-state index is 12.4. The summed E-state index contributed by atoms with van der Waals surface area (Å²) >= 11 is 15.3. The summed E-state index contributed by atoms with van der Waals surface area (Å²) in [6, 6.07) is 16.9. The standard InChI is InChI=1S/C24H22BrCl2N3O5S/c1-34-22-11-17(10-21(25)24(22)35-15-16-6-8-18(26)9-7-16)13-28-29-23(31)14-30(36(2,32)33)20-5-3-4-19(27)12-20/h3-13H,14-15H2,1-2H3,(H,29,31)/b28-13-. The molecule has 0 fully saturated rings. The van der Waals surface area contributed by atoms with Crippen molar-refractivity contribution in [3.8, 4) is 11.5 Å². The van der Waals surface area contributed by atoms with Crippen LogP contribution >= 0.6 is 39.1 Å². The van der Waals surface area contributed by atoms with Crippen LogP contribution in [0.25, 0.3) is 0 Å². The third-order valence-electron chi connectivity index (χ3n) is 4.73. The number of benzene rings is 3. The van der Waals surface area contributed by atoms with Crippen LogP contribution < -0.4 is 19.2 Å². The Morgan fingerprint density at radius 2 is 1.83 bits per heavy atom. The summed E-state index contributed by atoms with van der Waals surface area (Å²) in [6.45, 7) is -0.167. The zero-order chi connectivity index (χ0) is 26.3. The Kier molecular flexibility index (Phi) is 9.61. The summed E-state index contributed by atoms with van der Waals surface area (Å²) in [6.07, 6.45) is 2.41. The third kappa shape index (κ3) is 7.86. The molecule has 3 aromatic carbocycles. The van der Waals surface area contributed by atoms with Crippen molar-refractivity contribution in [2.24, 2.45) is 5.10 Å². The number of carbonyl (C=O) groups excluding carboxylic acids is 1. The first-order chi connectivity index (χ1) is 17.1. The average Bonchev–Trinajstić information content (AvgIpc) is 2.82. The molecule has 0 unspecified atom stereocenters. The smallest absolute Gasteiger partial charge is 0.260 e. The first-order valence-corrected chi connectivity index (χ1v) is 13.8. The zero-order valence-electron chi connectivity index (χ0n) is 19.2. The third-order valence-corrected chi connectivity index (χ3v) is 6.95.